The Hall–Kier alpha value is -11.3. The van der Waals surface area contributed by atoms with Crippen LogP contribution in [0.3, 0.4) is 0 Å². The Balaban J connectivity index is 0.000000646. The SMILES string of the molecule is C=C/C=C\C=C/C.C=CC.c1ccc(-c2cccc(-c3cc(-c4ccc5ccccc5c4)cc(-n4c5ccccc5c5cc(-c6cccc(N(c7ccccc7)c7ccc8c(c7)C7(c9ccccc9-c9ccccc97)c7ccccc7-8)c6)ccc54)c3)c2)cc1. The molecule has 1 spiro atoms. The molecule has 0 bridgehead atoms. The molecule has 14 aromatic rings. The van der Waals surface area contributed by atoms with Gasteiger partial charge in [-0.15, -0.1) is 6.58 Å². The Morgan fingerprint density at radius 3 is 1.47 bits per heavy atom. The minimum atomic E-state index is -0.444. The van der Waals surface area contributed by atoms with Crippen molar-refractivity contribution in [1.82, 2.24) is 4.57 Å². The van der Waals surface area contributed by atoms with Gasteiger partial charge in [0.2, 0.25) is 0 Å². The van der Waals surface area contributed by atoms with Crippen LogP contribution >= 0.6 is 0 Å². The van der Waals surface area contributed by atoms with E-state index >= 15 is 0 Å². The summed E-state index contributed by atoms with van der Waals surface area (Å²) in [7, 11) is 0. The lowest BCUT2D eigenvalue weighted by Crippen LogP contribution is -2.26. The van der Waals surface area contributed by atoms with Crippen molar-refractivity contribution in [2.45, 2.75) is 19.3 Å². The predicted molar refractivity (Wildman–Crippen MR) is 381 cm³/mol. The fraction of sp³-hybridized carbons (Fsp3) is 0.0345. The second-order valence-electron chi connectivity index (χ2n) is 22.8. The number of aromatic nitrogens is 1. The summed E-state index contributed by atoms with van der Waals surface area (Å²) in [4.78, 5) is 2.44. The van der Waals surface area contributed by atoms with Crippen LogP contribution in [0.15, 0.2) is 353 Å². The summed E-state index contributed by atoms with van der Waals surface area (Å²) >= 11 is 0. The summed E-state index contributed by atoms with van der Waals surface area (Å²) in [5, 5.41) is 4.89. The number of para-hydroxylation sites is 2. The summed E-state index contributed by atoms with van der Waals surface area (Å²) < 4.78 is 2.47. The monoisotopic (exact) mass is 1140 g/mol. The van der Waals surface area contributed by atoms with Gasteiger partial charge in [0.05, 0.1) is 16.4 Å². The average molecular weight is 1140 g/mol. The van der Waals surface area contributed by atoms with E-state index in [0.717, 1.165) is 39.4 Å². The highest BCUT2D eigenvalue weighted by Gasteiger charge is 2.51. The van der Waals surface area contributed by atoms with E-state index in [0.29, 0.717) is 0 Å². The average Bonchev–Trinajstić information content (AvgIpc) is 1.52. The van der Waals surface area contributed by atoms with Gasteiger partial charge in [-0.25, -0.2) is 0 Å². The van der Waals surface area contributed by atoms with Crippen LogP contribution in [0.5, 0.6) is 0 Å². The van der Waals surface area contributed by atoms with Crippen LogP contribution in [0.25, 0.3) is 105 Å². The van der Waals surface area contributed by atoms with E-state index in [4.69, 9.17) is 0 Å². The van der Waals surface area contributed by atoms with E-state index in [-0.39, 0.29) is 0 Å². The molecule has 0 aliphatic heterocycles. The lowest BCUT2D eigenvalue weighted by Gasteiger charge is -2.32. The molecule has 0 saturated carbocycles. The largest absolute Gasteiger partial charge is 0.310 e. The minimum absolute atomic E-state index is 0.444. The van der Waals surface area contributed by atoms with Crippen molar-refractivity contribution >= 4 is 49.6 Å². The molecule has 0 amide bonds. The Bertz CT molecular complexity index is 4970. The highest BCUT2D eigenvalue weighted by Crippen LogP contribution is 2.63. The maximum atomic E-state index is 3.51. The molecule has 0 radical (unpaired) electrons. The summed E-state index contributed by atoms with van der Waals surface area (Å²) in [6, 6.07) is 112. The molecule has 0 atom stereocenters. The topological polar surface area (TPSA) is 8.17 Å². The number of anilines is 3. The lowest BCUT2D eigenvalue weighted by molar-refractivity contribution is 0.793. The van der Waals surface area contributed by atoms with E-state index < -0.39 is 5.41 Å². The summed E-state index contributed by atoms with van der Waals surface area (Å²) in [6.45, 7) is 10.7. The molecule has 1 aromatic heterocycles. The van der Waals surface area contributed by atoms with Crippen LogP contribution in [0.1, 0.15) is 36.1 Å². The van der Waals surface area contributed by atoms with Gasteiger partial charge in [-0.2, -0.15) is 0 Å². The van der Waals surface area contributed by atoms with E-state index in [1.807, 2.05) is 38.2 Å². The van der Waals surface area contributed by atoms with Crippen molar-refractivity contribution < 1.29 is 0 Å². The van der Waals surface area contributed by atoms with Gasteiger partial charge >= 0.3 is 0 Å². The van der Waals surface area contributed by atoms with E-state index in [9.17, 15) is 0 Å². The van der Waals surface area contributed by atoms with Crippen molar-refractivity contribution in [3.63, 3.8) is 0 Å². The fourth-order valence-electron chi connectivity index (χ4n) is 13.7. The molecule has 424 valence electrons. The van der Waals surface area contributed by atoms with Gasteiger partial charge in [0, 0.05) is 33.5 Å². The molecule has 2 aliphatic carbocycles. The van der Waals surface area contributed by atoms with E-state index in [1.54, 1.807) is 12.2 Å². The molecular weight excluding hydrogens is 1070 g/mol. The number of benzene rings is 13. The molecule has 89 heavy (non-hydrogen) atoms. The first-order valence-corrected chi connectivity index (χ1v) is 30.7. The number of hydrogen-bond acceptors (Lipinski definition) is 1. The number of fused-ring (bicyclic) bond motifs is 14. The molecule has 13 aromatic carbocycles. The van der Waals surface area contributed by atoms with Gasteiger partial charge in [-0.3, -0.25) is 0 Å². The van der Waals surface area contributed by atoms with Crippen molar-refractivity contribution in [1.29, 1.82) is 0 Å². The lowest BCUT2D eigenvalue weighted by atomic mass is 9.70. The van der Waals surface area contributed by atoms with E-state index in [2.05, 4.69) is 326 Å². The number of rotatable bonds is 10. The van der Waals surface area contributed by atoms with Gasteiger partial charge in [-0.1, -0.05) is 261 Å². The Morgan fingerprint density at radius 2 is 0.798 bits per heavy atom. The summed E-state index contributed by atoms with van der Waals surface area (Å²) in [5.41, 5.74) is 26.3. The zero-order chi connectivity index (χ0) is 60.3. The third kappa shape index (κ3) is 10.0. The first-order chi connectivity index (χ1) is 44.0. The smallest absolute Gasteiger partial charge is 0.0726 e. The molecule has 0 saturated heterocycles. The molecule has 0 fully saturated rings. The first kappa shape index (κ1) is 55.5. The molecular formula is C87H66N2. The summed E-state index contributed by atoms with van der Waals surface area (Å²) in [5.74, 6) is 0. The van der Waals surface area contributed by atoms with Gasteiger partial charge in [0.25, 0.3) is 0 Å². The third-order valence-corrected chi connectivity index (χ3v) is 17.5. The number of allylic oxidation sites excluding steroid dienone is 6. The van der Waals surface area contributed by atoms with Crippen LogP contribution < -0.4 is 4.90 Å². The fourth-order valence-corrected chi connectivity index (χ4v) is 13.7. The predicted octanol–water partition coefficient (Wildman–Crippen LogP) is 23.9. The Kier molecular flexibility index (Phi) is 15.1. The van der Waals surface area contributed by atoms with Crippen molar-refractivity contribution in [2.24, 2.45) is 0 Å². The standard InChI is InChI=1S/C77H50N2.C7H10.C3H6/c1-3-19-51(20-4-1)54-23-17-24-55(43-54)59-45-60(57-38-37-52-21-7-8-22-53(52)44-57)48-64(47-59)79-75-36-16-12-32-69(75)70-49-58(39-42-76(70)79)56-25-18-28-62(46-56)78(61-26-5-2-6-27-61)63-40-41-68-67-31-11-15-35-73(67)77(74(68)50-63)71-33-13-9-29-65(71)66-30-10-14-34-72(66)77;1-3-5-7-6-4-2;1-3-2/h1-50H;3-7H,1H2,2H3;3H,1H2,2H3/b;6-4-,7-5-;. The van der Waals surface area contributed by atoms with Crippen LogP contribution in [-0.2, 0) is 5.41 Å². The number of hydrogen-bond donors (Lipinski definition) is 0. The van der Waals surface area contributed by atoms with Crippen LogP contribution in [0.2, 0.25) is 0 Å². The molecule has 1 heterocycles. The molecule has 2 nitrogen and oxygen atoms in total. The van der Waals surface area contributed by atoms with Gasteiger partial charge in [0.15, 0.2) is 0 Å². The second kappa shape index (κ2) is 24.2. The van der Waals surface area contributed by atoms with Crippen molar-refractivity contribution in [2.75, 3.05) is 4.90 Å². The normalized spacial score (nSPS) is 12.2. The minimum Gasteiger partial charge on any atom is -0.310 e. The highest BCUT2D eigenvalue weighted by atomic mass is 15.1. The van der Waals surface area contributed by atoms with Gasteiger partial charge in [0.1, 0.15) is 0 Å². The molecule has 0 unspecified atom stereocenters. The third-order valence-electron chi connectivity index (χ3n) is 17.5. The highest BCUT2D eigenvalue weighted by molar-refractivity contribution is 6.11. The Labute approximate surface area is 522 Å². The van der Waals surface area contributed by atoms with Crippen LogP contribution in [-0.4, -0.2) is 4.57 Å². The second-order valence-corrected chi connectivity index (χ2v) is 22.8. The Morgan fingerprint density at radius 1 is 0.315 bits per heavy atom. The molecule has 0 N–H and O–H groups in total. The zero-order valence-corrected chi connectivity index (χ0v) is 50.1. The first-order valence-electron chi connectivity index (χ1n) is 30.7. The summed E-state index contributed by atoms with van der Waals surface area (Å²) in [6.07, 6.45) is 11.3. The van der Waals surface area contributed by atoms with Crippen LogP contribution in [0, 0.1) is 0 Å². The van der Waals surface area contributed by atoms with Gasteiger partial charge < -0.3 is 9.47 Å². The molecule has 16 rings (SSSR count). The van der Waals surface area contributed by atoms with Crippen LogP contribution in [0.4, 0.5) is 17.1 Å². The maximum absolute atomic E-state index is 3.51. The van der Waals surface area contributed by atoms with E-state index in [1.165, 1.54) is 105 Å². The molecule has 2 aliphatic rings. The zero-order valence-electron chi connectivity index (χ0n) is 50.1. The van der Waals surface area contributed by atoms with Crippen molar-refractivity contribution in [3.05, 3.63) is 375 Å². The number of nitrogens with zero attached hydrogens (tertiary/aromatic N) is 2. The molecule has 2 heteroatoms. The van der Waals surface area contributed by atoms with Crippen molar-refractivity contribution in [3.8, 4) is 72.4 Å². The maximum Gasteiger partial charge on any atom is 0.0726 e. The van der Waals surface area contributed by atoms with Gasteiger partial charge in [-0.05, 0) is 199 Å². The quantitative estimate of drug-likeness (QED) is 0.0979.